The van der Waals surface area contributed by atoms with E-state index < -0.39 is 0 Å². The Hall–Kier alpha value is -0.410. The molecule has 0 aromatic carbocycles. The van der Waals surface area contributed by atoms with Gasteiger partial charge in [-0.15, -0.1) is 0 Å². The Morgan fingerprint density at radius 1 is 1.70 bits per heavy atom. The SMILES string of the molecule is COCO[C@H]1CCC(=O)C1. The third-order valence-corrected chi connectivity index (χ3v) is 1.62. The van der Waals surface area contributed by atoms with Gasteiger partial charge in [0.05, 0.1) is 6.10 Å². The van der Waals surface area contributed by atoms with Crippen LogP contribution in [-0.4, -0.2) is 25.8 Å². The number of ketones is 1. The minimum atomic E-state index is 0.118. The van der Waals surface area contributed by atoms with Gasteiger partial charge in [-0.2, -0.15) is 0 Å². The number of hydrogen-bond donors (Lipinski definition) is 0. The Balaban J connectivity index is 2.12. The maximum atomic E-state index is 10.7. The fourth-order valence-electron chi connectivity index (χ4n) is 1.09. The third kappa shape index (κ3) is 2.08. The molecule has 0 N–H and O–H groups in total. The van der Waals surface area contributed by atoms with Gasteiger partial charge in [-0.1, -0.05) is 0 Å². The number of Topliss-reactive ketones (excluding diaryl/α,β-unsaturated/α-hetero) is 1. The lowest BCUT2D eigenvalue weighted by molar-refractivity contribution is -0.119. The summed E-state index contributed by atoms with van der Waals surface area (Å²) >= 11 is 0. The van der Waals surface area contributed by atoms with Gasteiger partial charge >= 0.3 is 0 Å². The second-order valence-corrected chi connectivity index (χ2v) is 2.48. The number of ether oxygens (including phenoxy) is 2. The average Bonchev–Trinajstić information content (AvgIpc) is 2.31. The maximum Gasteiger partial charge on any atom is 0.146 e. The molecule has 1 fully saturated rings. The minimum absolute atomic E-state index is 0.118. The highest BCUT2D eigenvalue weighted by atomic mass is 16.7. The first-order chi connectivity index (χ1) is 4.83. The van der Waals surface area contributed by atoms with Crippen molar-refractivity contribution in [3.8, 4) is 0 Å². The molecule has 3 heteroatoms. The molecule has 1 aliphatic rings. The molecule has 1 atom stereocenters. The van der Waals surface area contributed by atoms with E-state index in [1.807, 2.05) is 0 Å². The normalized spacial score (nSPS) is 25.7. The van der Waals surface area contributed by atoms with E-state index in [-0.39, 0.29) is 6.10 Å². The topological polar surface area (TPSA) is 35.5 Å². The lowest BCUT2D eigenvalue weighted by atomic mass is 10.3. The highest BCUT2D eigenvalue weighted by Crippen LogP contribution is 2.17. The molecule has 0 unspecified atom stereocenters. The predicted molar refractivity (Wildman–Crippen MR) is 35.6 cm³/mol. The Morgan fingerprint density at radius 3 is 3.00 bits per heavy atom. The van der Waals surface area contributed by atoms with Crippen LogP contribution in [0.25, 0.3) is 0 Å². The molecular formula is C7H12O3. The van der Waals surface area contributed by atoms with Gasteiger partial charge < -0.3 is 9.47 Å². The van der Waals surface area contributed by atoms with Crippen LogP contribution in [0.3, 0.4) is 0 Å². The summed E-state index contributed by atoms with van der Waals surface area (Å²) in [6, 6.07) is 0. The minimum Gasteiger partial charge on any atom is -0.359 e. The first-order valence-corrected chi connectivity index (χ1v) is 3.45. The molecule has 0 bridgehead atoms. The van der Waals surface area contributed by atoms with E-state index in [0.29, 0.717) is 25.4 Å². The summed E-state index contributed by atoms with van der Waals surface area (Å²) in [4.78, 5) is 10.7. The van der Waals surface area contributed by atoms with Crippen molar-refractivity contribution in [1.29, 1.82) is 0 Å². The molecule has 0 aliphatic heterocycles. The van der Waals surface area contributed by atoms with Crippen LogP contribution in [-0.2, 0) is 14.3 Å². The van der Waals surface area contributed by atoms with Gasteiger partial charge in [0.15, 0.2) is 0 Å². The van der Waals surface area contributed by atoms with Crippen LogP contribution in [0.4, 0.5) is 0 Å². The lowest BCUT2D eigenvalue weighted by Crippen LogP contribution is -2.10. The van der Waals surface area contributed by atoms with Crippen LogP contribution in [0.5, 0.6) is 0 Å². The molecule has 1 rings (SSSR count). The second kappa shape index (κ2) is 3.68. The molecule has 0 radical (unpaired) electrons. The molecule has 0 heterocycles. The number of methoxy groups -OCH3 is 1. The fourth-order valence-corrected chi connectivity index (χ4v) is 1.09. The van der Waals surface area contributed by atoms with Crippen molar-refractivity contribution >= 4 is 5.78 Å². The summed E-state index contributed by atoms with van der Waals surface area (Å²) in [6.45, 7) is 0.304. The predicted octanol–water partition coefficient (Wildman–Crippen LogP) is 0.729. The van der Waals surface area contributed by atoms with Gasteiger partial charge in [0.1, 0.15) is 12.6 Å². The number of carbonyl (C=O) groups excluding carboxylic acids is 1. The average molecular weight is 144 g/mol. The van der Waals surface area contributed by atoms with Crippen LogP contribution in [0.2, 0.25) is 0 Å². The molecule has 0 amide bonds. The van der Waals surface area contributed by atoms with E-state index in [2.05, 4.69) is 0 Å². The summed E-state index contributed by atoms with van der Waals surface area (Å²) in [5.74, 6) is 0.307. The smallest absolute Gasteiger partial charge is 0.146 e. The molecule has 0 spiro atoms. The van der Waals surface area contributed by atoms with Crippen molar-refractivity contribution in [3.63, 3.8) is 0 Å². The Labute approximate surface area is 60.3 Å². The molecule has 1 saturated carbocycles. The van der Waals surface area contributed by atoms with Crippen LogP contribution in [0.1, 0.15) is 19.3 Å². The zero-order valence-electron chi connectivity index (χ0n) is 6.13. The van der Waals surface area contributed by atoms with E-state index in [0.717, 1.165) is 6.42 Å². The van der Waals surface area contributed by atoms with E-state index in [9.17, 15) is 4.79 Å². The summed E-state index contributed by atoms with van der Waals surface area (Å²) in [6.07, 6.45) is 2.23. The zero-order valence-corrected chi connectivity index (χ0v) is 6.13. The monoisotopic (exact) mass is 144 g/mol. The molecule has 3 nitrogen and oxygen atoms in total. The first kappa shape index (κ1) is 7.69. The van der Waals surface area contributed by atoms with Gasteiger partial charge in [0, 0.05) is 20.0 Å². The van der Waals surface area contributed by atoms with Crippen LogP contribution < -0.4 is 0 Å². The van der Waals surface area contributed by atoms with Crippen molar-refractivity contribution in [2.75, 3.05) is 13.9 Å². The fraction of sp³-hybridized carbons (Fsp3) is 0.857. The van der Waals surface area contributed by atoms with Crippen LogP contribution >= 0.6 is 0 Å². The lowest BCUT2D eigenvalue weighted by Gasteiger charge is -2.07. The summed E-state index contributed by atoms with van der Waals surface area (Å²) < 4.78 is 9.88. The van der Waals surface area contributed by atoms with Gasteiger partial charge in [-0.05, 0) is 6.42 Å². The van der Waals surface area contributed by atoms with Crippen LogP contribution in [0, 0.1) is 0 Å². The number of carbonyl (C=O) groups is 1. The van der Waals surface area contributed by atoms with Gasteiger partial charge in [-0.25, -0.2) is 0 Å². The summed E-state index contributed by atoms with van der Waals surface area (Å²) in [5.41, 5.74) is 0. The van der Waals surface area contributed by atoms with E-state index in [1.54, 1.807) is 7.11 Å². The first-order valence-electron chi connectivity index (χ1n) is 3.45. The van der Waals surface area contributed by atoms with Crippen LogP contribution in [0.15, 0.2) is 0 Å². The zero-order chi connectivity index (χ0) is 7.40. The quantitative estimate of drug-likeness (QED) is 0.548. The Morgan fingerprint density at radius 2 is 2.50 bits per heavy atom. The molecular weight excluding hydrogens is 132 g/mol. The van der Waals surface area contributed by atoms with E-state index in [4.69, 9.17) is 9.47 Å². The highest BCUT2D eigenvalue weighted by molar-refractivity contribution is 5.80. The molecule has 0 aromatic heterocycles. The Bertz CT molecular complexity index is 122. The maximum absolute atomic E-state index is 10.7. The molecule has 10 heavy (non-hydrogen) atoms. The third-order valence-electron chi connectivity index (χ3n) is 1.62. The van der Waals surface area contributed by atoms with Crippen molar-refractivity contribution in [1.82, 2.24) is 0 Å². The summed E-state index contributed by atoms with van der Waals surface area (Å²) in [5, 5.41) is 0. The number of hydrogen-bond acceptors (Lipinski definition) is 3. The summed E-state index contributed by atoms with van der Waals surface area (Å²) in [7, 11) is 1.58. The van der Waals surface area contributed by atoms with Crippen molar-refractivity contribution < 1.29 is 14.3 Å². The van der Waals surface area contributed by atoms with E-state index >= 15 is 0 Å². The highest BCUT2D eigenvalue weighted by Gasteiger charge is 2.21. The van der Waals surface area contributed by atoms with Crippen molar-refractivity contribution in [2.45, 2.75) is 25.4 Å². The Kier molecular flexibility index (Phi) is 2.83. The second-order valence-electron chi connectivity index (χ2n) is 2.48. The molecule has 58 valence electrons. The standard InChI is InChI=1S/C7H12O3/c1-9-5-10-7-3-2-6(8)4-7/h7H,2-5H2,1H3/t7-/m0/s1. The van der Waals surface area contributed by atoms with Gasteiger partial charge in [-0.3, -0.25) is 4.79 Å². The molecule has 0 saturated heterocycles. The van der Waals surface area contributed by atoms with E-state index in [1.165, 1.54) is 0 Å². The van der Waals surface area contributed by atoms with Crippen molar-refractivity contribution in [3.05, 3.63) is 0 Å². The van der Waals surface area contributed by atoms with Crippen molar-refractivity contribution in [2.24, 2.45) is 0 Å². The largest absolute Gasteiger partial charge is 0.359 e. The molecule has 0 aromatic rings. The molecule has 1 aliphatic carbocycles. The number of rotatable bonds is 3. The van der Waals surface area contributed by atoms with Gasteiger partial charge in [0.2, 0.25) is 0 Å². The van der Waals surface area contributed by atoms with Gasteiger partial charge in [0.25, 0.3) is 0 Å².